The molecule has 0 spiro atoms. The van der Waals surface area contributed by atoms with Crippen molar-refractivity contribution in [2.24, 2.45) is 0 Å². The van der Waals surface area contributed by atoms with Crippen LogP contribution in [0.3, 0.4) is 0 Å². The van der Waals surface area contributed by atoms with Gasteiger partial charge < -0.3 is 14.2 Å². The summed E-state index contributed by atoms with van der Waals surface area (Å²) in [5.41, 5.74) is 0.970. The van der Waals surface area contributed by atoms with Crippen molar-refractivity contribution >= 4 is 50.7 Å². The molecule has 35 heavy (non-hydrogen) atoms. The van der Waals surface area contributed by atoms with Gasteiger partial charge in [-0.05, 0) is 47.5 Å². The molecule has 0 saturated carbocycles. The zero-order chi connectivity index (χ0) is 25.3. The lowest BCUT2D eigenvalue weighted by molar-refractivity contribution is -0.114. The van der Waals surface area contributed by atoms with Crippen molar-refractivity contribution in [3.05, 3.63) is 86.7 Å². The summed E-state index contributed by atoms with van der Waals surface area (Å²) in [5.74, 6) is 0.232. The molecule has 1 unspecified atom stereocenters. The number of ether oxygens (including phenoxy) is 3. The van der Waals surface area contributed by atoms with Gasteiger partial charge in [0.2, 0.25) is 15.6 Å². The van der Waals surface area contributed by atoms with E-state index in [-0.39, 0.29) is 10.7 Å². The van der Waals surface area contributed by atoms with Crippen LogP contribution in [-0.2, 0) is 14.6 Å². The fraction of sp³-hybridized carbons (Fsp3) is 0.160. The number of hydrogen-bond donors (Lipinski definition) is 0. The molecule has 10 heteroatoms. The molecule has 0 aromatic heterocycles. The molecule has 3 aromatic carbocycles. The Bertz CT molecular complexity index is 1400. The number of amides is 1. The van der Waals surface area contributed by atoms with E-state index in [1.54, 1.807) is 48.5 Å². The molecule has 0 N–H and O–H groups in total. The maximum Gasteiger partial charge on any atom is 0.271 e. The minimum Gasteiger partial charge on any atom is -0.493 e. The van der Waals surface area contributed by atoms with Gasteiger partial charge in [0.1, 0.15) is 4.91 Å². The summed E-state index contributed by atoms with van der Waals surface area (Å²) in [7, 11) is 0.161. The summed E-state index contributed by atoms with van der Waals surface area (Å²) in [6.45, 7) is 0. The van der Waals surface area contributed by atoms with E-state index >= 15 is 0 Å². The Morgan fingerprint density at radius 3 is 2.09 bits per heavy atom. The van der Waals surface area contributed by atoms with Crippen LogP contribution < -0.4 is 19.1 Å². The molecule has 0 radical (unpaired) electrons. The van der Waals surface area contributed by atoms with Gasteiger partial charge in [0.05, 0.1) is 32.0 Å². The Labute approximate surface area is 213 Å². The van der Waals surface area contributed by atoms with Crippen molar-refractivity contribution in [3.8, 4) is 17.2 Å². The van der Waals surface area contributed by atoms with Crippen LogP contribution in [0, 0.1) is 0 Å². The van der Waals surface area contributed by atoms with Gasteiger partial charge in [-0.1, -0.05) is 53.5 Å². The Morgan fingerprint density at radius 1 is 0.886 bits per heavy atom. The fourth-order valence-electron chi connectivity index (χ4n) is 3.94. The zero-order valence-electron chi connectivity index (χ0n) is 19.0. The SMILES string of the molecule is COc1cc(/C=C2\C(=O)N(c3cc(Cl)ccc3Cl)C(c3ccccc3)S2(=O)=O)cc(OC)c1OC. The second kappa shape index (κ2) is 9.81. The predicted octanol–water partition coefficient (Wildman–Crippen LogP) is 5.52. The van der Waals surface area contributed by atoms with Crippen LogP contribution in [0.4, 0.5) is 5.69 Å². The molecule has 1 atom stereocenters. The van der Waals surface area contributed by atoms with Gasteiger partial charge in [0, 0.05) is 5.02 Å². The second-order valence-electron chi connectivity index (χ2n) is 7.55. The highest BCUT2D eigenvalue weighted by atomic mass is 35.5. The van der Waals surface area contributed by atoms with Crippen LogP contribution >= 0.6 is 23.2 Å². The lowest BCUT2D eigenvalue weighted by atomic mass is 10.1. The van der Waals surface area contributed by atoms with E-state index in [0.29, 0.717) is 33.4 Å². The number of anilines is 1. The number of halogens is 2. The third kappa shape index (κ3) is 4.45. The summed E-state index contributed by atoms with van der Waals surface area (Å²) in [6, 6.07) is 16.1. The monoisotopic (exact) mass is 533 g/mol. The molecule has 4 rings (SSSR count). The molecule has 1 saturated heterocycles. The first-order valence-electron chi connectivity index (χ1n) is 10.3. The maximum atomic E-state index is 13.8. The Morgan fingerprint density at radius 2 is 1.51 bits per heavy atom. The molecule has 1 fully saturated rings. The first-order chi connectivity index (χ1) is 16.7. The minimum atomic E-state index is -4.19. The number of sulfone groups is 1. The van der Waals surface area contributed by atoms with Crippen LogP contribution in [0.5, 0.6) is 17.2 Å². The first-order valence-corrected chi connectivity index (χ1v) is 12.6. The molecular weight excluding hydrogens is 513 g/mol. The largest absolute Gasteiger partial charge is 0.493 e. The van der Waals surface area contributed by atoms with Crippen molar-refractivity contribution in [1.82, 2.24) is 0 Å². The molecule has 3 aromatic rings. The third-order valence-corrected chi connectivity index (χ3v) is 8.03. The van der Waals surface area contributed by atoms with Crippen LogP contribution in [0.15, 0.2) is 65.6 Å². The van der Waals surface area contributed by atoms with Gasteiger partial charge in [-0.25, -0.2) is 8.42 Å². The van der Waals surface area contributed by atoms with Gasteiger partial charge in [0.15, 0.2) is 16.9 Å². The van der Waals surface area contributed by atoms with E-state index < -0.39 is 26.0 Å². The van der Waals surface area contributed by atoms with Gasteiger partial charge in [-0.2, -0.15) is 0 Å². The Kier molecular flexibility index (Phi) is 6.98. The quantitative estimate of drug-likeness (QED) is 0.388. The molecule has 182 valence electrons. The summed E-state index contributed by atoms with van der Waals surface area (Å²) in [5, 5.41) is -0.836. The van der Waals surface area contributed by atoms with Gasteiger partial charge in [-0.15, -0.1) is 0 Å². The van der Waals surface area contributed by atoms with Crippen molar-refractivity contribution in [2.75, 3.05) is 26.2 Å². The van der Waals surface area contributed by atoms with Crippen LogP contribution in [0.25, 0.3) is 6.08 Å². The number of rotatable bonds is 6. The number of carbonyl (C=O) groups is 1. The standard InChI is InChI=1S/C25H21Cl2NO6S/c1-32-20-11-15(12-21(33-2)23(20)34-3)13-22-24(29)28(19-14-17(26)9-10-18(19)27)25(35(22,30)31)16-7-5-4-6-8-16/h4-14,25H,1-3H3/b22-13+. The van der Waals surface area contributed by atoms with Gasteiger partial charge >= 0.3 is 0 Å². The zero-order valence-corrected chi connectivity index (χ0v) is 21.3. The summed E-state index contributed by atoms with van der Waals surface area (Å²) in [4.78, 5) is 14.4. The first kappa shape index (κ1) is 24.9. The van der Waals surface area contributed by atoms with E-state index in [1.807, 2.05) is 0 Å². The van der Waals surface area contributed by atoms with Crippen LogP contribution in [-0.4, -0.2) is 35.7 Å². The number of carbonyl (C=O) groups excluding carboxylic acids is 1. The minimum absolute atomic E-state index is 0.188. The van der Waals surface area contributed by atoms with E-state index in [4.69, 9.17) is 37.4 Å². The number of methoxy groups -OCH3 is 3. The smallest absolute Gasteiger partial charge is 0.271 e. The van der Waals surface area contributed by atoms with Crippen molar-refractivity contribution in [1.29, 1.82) is 0 Å². The normalized spacial score (nSPS) is 18.1. The lowest BCUT2D eigenvalue weighted by Gasteiger charge is -2.24. The average molecular weight is 534 g/mol. The van der Waals surface area contributed by atoms with E-state index in [9.17, 15) is 13.2 Å². The van der Waals surface area contributed by atoms with E-state index in [0.717, 1.165) is 4.90 Å². The second-order valence-corrected chi connectivity index (χ2v) is 10.4. The number of benzene rings is 3. The molecule has 7 nitrogen and oxygen atoms in total. The molecule has 1 heterocycles. The molecule has 0 bridgehead atoms. The van der Waals surface area contributed by atoms with E-state index in [2.05, 4.69) is 0 Å². The highest BCUT2D eigenvalue weighted by Gasteiger charge is 2.50. The van der Waals surface area contributed by atoms with Gasteiger partial charge in [-0.3, -0.25) is 9.69 Å². The fourth-order valence-corrected chi connectivity index (χ4v) is 6.20. The average Bonchev–Trinajstić information content (AvgIpc) is 3.05. The Hall–Kier alpha value is -3.20. The molecule has 1 aliphatic rings. The lowest BCUT2D eigenvalue weighted by Crippen LogP contribution is -2.29. The van der Waals surface area contributed by atoms with Crippen molar-refractivity contribution in [3.63, 3.8) is 0 Å². The molecular formula is C25H21Cl2NO6S. The maximum absolute atomic E-state index is 13.8. The Balaban J connectivity index is 1.95. The predicted molar refractivity (Wildman–Crippen MR) is 136 cm³/mol. The highest BCUT2D eigenvalue weighted by molar-refractivity contribution is 7.97. The van der Waals surface area contributed by atoms with Crippen LogP contribution in [0.1, 0.15) is 16.5 Å². The molecule has 1 amide bonds. The topological polar surface area (TPSA) is 82.1 Å². The van der Waals surface area contributed by atoms with E-state index in [1.165, 1.54) is 39.5 Å². The van der Waals surface area contributed by atoms with Gasteiger partial charge in [0.25, 0.3) is 5.91 Å². The summed E-state index contributed by atoms with van der Waals surface area (Å²) in [6.07, 6.45) is 1.29. The summed E-state index contributed by atoms with van der Waals surface area (Å²) < 4.78 is 43.7. The number of hydrogen-bond acceptors (Lipinski definition) is 6. The number of nitrogens with zero attached hydrogens (tertiary/aromatic N) is 1. The molecule has 1 aliphatic heterocycles. The van der Waals surface area contributed by atoms with Crippen molar-refractivity contribution < 1.29 is 27.4 Å². The highest BCUT2D eigenvalue weighted by Crippen LogP contribution is 2.47. The third-order valence-electron chi connectivity index (χ3n) is 5.50. The van der Waals surface area contributed by atoms with Crippen molar-refractivity contribution in [2.45, 2.75) is 5.37 Å². The molecule has 0 aliphatic carbocycles. The summed E-state index contributed by atoms with van der Waals surface area (Å²) >= 11 is 12.6. The van der Waals surface area contributed by atoms with Crippen LogP contribution in [0.2, 0.25) is 10.0 Å².